The lowest BCUT2D eigenvalue weighted by molar-refractivity contribution is -0.122. The highest BCUT2D eigenvalue weighted by Crippen LogP contribution is 2.27. The van der Waals surface area contributed by atoms with Crippen LogP contribution in [0.5, 0.6) is 5.75 Å². The number of anilines is 1. The van der Waals surface area contributed by atoms with Gasteiger partial charge in [0.2, 0.25) is 11.7 Å². The van der Waals surface area contributed by atoms with Crippen LogP contribution >= 0.6 is 0 Å². The van der Waals surface area contributed by atoms with E-state index in [0.29, 0.717) is 24.2 Å². The van der Waals surface area contributed by atoms with Gasteiger partial charge in [-0.2, -0.15) is 0 Å². The molecule has 2 aliphatic rings. The van der Waals surface area contributed by atoms with Crippen LogP contribution in [-0.2, 0) is 29.2 Å². The van der Waals surface area contributed by atoms with Crippen molar-refractivity contribution in [3.8, 4) is 5.75 Å². The number of carbonyl (C=O) groups is 2. The molecule has 9 nitrogen and oxygen atoms in total. The topological polar surface area (TPSA) is 103 Å². The van der Waals surface area contributed by atoms with Crippen molar-refractivity contribution in [3.63, 3.8) is 0 Å². The van der Waals surface area contributed by atoms with Crippen molar-refractivity contribution in [1.82, 2.24) is 14.9 Å². The van der Waals surface area contributed by atoms with Gasteiger partial charge in [-0.3, -0.25) is 19.0 Å². The van der Waals surface area contributed by atoms with Gasteiger partial charge in [0.1, 0.15) is 19.0 Å². The molecule has 10 heteroatoms. The predicted molar refractivity (Wildman–Crippen MR) is 129 cm³/mol. The van der Waals surface area contributed by atoms with Crippen LogP contribution in [0.15, 0.2) is 59.9 Å². The van der Waals surface area contributed by atoms with E-state index in [1.54, 1.807) is 0 Å². The lowest BCUT2D eigenvalue weighted by Crippen LogP contribution is -2.44. The summed E-state index contributed by atoms with van der Waals surface area (Å²) in [5.74, 6) is -1.13. The summed E-state index contributed by atoms with van der Waals surface area (Å²) in [7, 11) is 0. The van der Waals surface area contributed by atoms with Gasteiger partial charge < -0.3 is 19.7 Å². The third-order valence-electron chi connectivity index (χ3n) is 6.04. The normalized spacial score (nSPS) is 14.5. The van der Waals surface area contributed by atoms with Gasteiger partial charge in [0.15, 0.2) is 17.3 Å². The molecule has 2 aliphatic heterocycles. The number of hydrogen-bond acceptors (Lipinski definition) is 6. The first kappa shape index (κ1) is 23.3. The Labute approximate surface area is 205 Å². The molecule has 1 N–H and O–H groups in total. The smallest absolute Gasteiger partial charge is 0.297 e. The number of benzene rings is 2. The van der Waals surface area contributed by atoms with Crippen LogP contribution in [0.1, 0.15) is 33.9 Å². The predicted octanol–water partition coefficient (Wildman–Crippen LogP) is 2.63. The lowest BCUT2D eigenvalue weighted by Gasteiger charge is -2.32. The van der Waals surface area contributed by atoms with E-state index < -0.39 is 17.3 Å². The first-order chi connectivity index (χ1) is 17.4. The molecule has 5 rings (SSSR count). The van der Waals surface area contributed by atoms with E-state index in [1.807, 2.05) is 30.3 Å². The van der Waals surface area contributed by atoms with Crippen molar-refractivity contribution < 1.29 is 23.5 Å². The number of aromatic nitrogens is 2. The minimum absolute atomic E-state index is 0.0199. The quantitative estimate of drug-likeness (QED) is 0.511. The maximum absolute atomic E-state index is 13.9. The number of nitrogens with one attached hydrogen (secondary N) is 1. The Hall–Kier alpha value is -4.47. The van der Waals surface area contributed by atoms with Gasteiger partial charge >= 0.3 is 0 Å². The first-order valence-electron chi connectivity index (χ1n) is 11.4. The second-order valence-electron chi connectivity index (χ2n) is 8.37. The van der Waals surface area contributed by atoms with Gasteiger partial charge in [0.25, 0.3) is 11.5 Å². The summed E-state index contributed by atoms with van der Waals surface area (Å²) in [6.07, 6.45) is 0.388. The van der Waals surface area contributed by atoms with Crippen LogP contribution in [0.25, 0.3) is 5.76 Å². The standard InChI is InChI=1S/C26H23FN4O5/c1-16-24-29-22(23(26(34)31(24)11-12-35-16)36-15-17-5-3-2-4-6-17)25(33)28-14-18-7-8-19(27)13-20(18)30-10-9-21(30)32/h2-8,13H,1,9-12,14-15H2,(H,28,33). The number of carbonyl (C=O) groups excluding carboxylic acids is 2. The fourth-order valence-corrected chi connectivity index (χ4v) is 4.06. The van der Waals surface area contributed by atoms with Crippen LogP contribution in [-0.4, -0.2) is 34.5 Å². The highest BCUT2D eigenvalue weighted by molar-refractivity contribution is 6.00. The Balaban J connectivity index is 1.44. The Kier molecular flexibility index (Phi) is 6.24. The molecule has 3 heterocycles. The van der Waals surface area contributed by atoms with E-state index in [0.717, 1.165) is 5.56 Å². The second kappa shape index (κ2) is 9.65. The van der Waals surface area contributed by atoms with Gasteiger partial charge in [-0.25, -0.2) is 9.37 Å². The zero-order valence-corrected chi connectivity index (χ0v) is 19.3. The molecular weight excluding hydrogens is 467 g/mol. The third-order valence-corrected chi connectivity index (χ3v) is 6.04. The summed E-state index contributed by atoms with van der Waals surface area (Å²) in [4.78, 5) is 44.3. The van der Waals surface area contributed by atoms with E-state index in [9.17, 15) is 18.8 Å². The van der Waals surface area contributed by atoms with Gasteiger partial charge in [0, 0.05) is 19.5 Å². The highest BCUT2D eigenvalue weighted by atomic mass is 19.1. The minimum Gasteiger partial charge on any atom is -0.488 e. The van der Waals surface area contributed by atoms with Gasteiger partial charge in [-0.1, -0.05) is 43.0 Å². The summed E-state index contributed by atoms with van der Waals surface area (Å²) in [5, 5.41) is 2.72. The minimum atomic E-state index is -0.665. The summed E-state index contributed by atoms with van der Waals surface area (Å²) in [6.45, 7) is 4.80. The zero-order chi connectivity index (χ0) is 25.2. The van der Waals surface area contributed by atoms with E-state index in [4.69, 9.17) is 9.47 Å². The number of β-lactam (4-membered cyclic amide) rings is 1. The maximum Gasteiger partial charge on any atom is 0.297 e. The molecule has 184 valence electrons. The van der Waals surface area contributed by atoms with E-state index in [1.165, 1.54) is 27.7 Å². The summed E-state index contributed by atoms with van der Waals surface area (Å²) < 4.78 is 26.5. The Bertz CT molecular complexity index is 1420. The van der Waals surface area contributed by atoms with Crippen molar-refractivity contribution in [2.24, 2.45) is 0 Å². The molecule has 36 heavy (non-hydrogen) atoms. The Morgan fingerprint density at radius 3 is 2.69 bits per heavy atom. The van der Waals surface area contributed by atoms with Crippen LogP contribution in [0.4, 0.5) is 10.1 Å². The average molecular weight is 490 g/mol. The molecule has 0 aliphatic carbocycles. The number of hydrogen-bond donors (Lipinski definition) is 1. The van der Waals surface area contributed by atoms with Crippen molar-refractivity contribution >= 4 is 23.3 Å². The molecule has 0 radical (unpaired) electrons. The monoisotopic (exact) mass is 490 g/mol. The SMILES string of the molecule is C=C1OCCn2c1nc(C(=O)NCc1ccc(F)cc1N1CCC1=O)c(OCc1ccccc1)c2=O. The second-order valence-corrected chi connectivity index (χ2v) is 8.37. The highest BCUT2D eigenvalue weighted by Gasteiger charge is 2.29. The van der Waals surface area contributed by atoms with E-state index in [-0.39, 0.29) is 55.2 Å². The van der Waals surface area contributed by atoms with E-state index >= 15 is 0 Å². The molecule has 0 saturated carbocycles. The molecule has 0 atom stereocenters. The fourth-order valence-electron chi connectivity index (χ4n) is 4.06. The molecule has 1 aromatic heterocycles. The maximum atomic E-state index is 13.9. The number of fused-ring (bicyclic) bond motifs is 1. The number of ether oxygens (including phenoxy) is 2. The molecule has 0 unspecified atom stereocenters. The number of halogens is 1. The number of rotatable bonds is 7. The van der Waals surface area contributed by atoms with Crippen LogP contribution in [0.2, 0.25) is 0 Å². The summed E-state index contributed by atoms with van der Waals surface area (Å²) in [5.41, 5.74) is 1.03. The number of nitrogens with zero attached hydrogens (tertiary/aromatic N) is 3. The van der Waals surface area contributed by atoms with Gasteiger partial charge in [0.05, 0.1) is 12.2 Å². The summed E-state index contributed by atoms with van der Waals surface area (Å²) in [6, 6.07) is 13.3. The largest absolute Gasteiger partial charge is 0.488 e. The molecule has 3 aromatic rings. The van der Waals surface area contributed by atoms with Crippen molar-refractivity contribution in [2.45, 2.75) is 26.1 Å². The van der Waals surface area contributed by atoms with E-state index in [2.05, 4.69) is 16.9 Å². The van der Waals surface area contributed by atoms with Crippen molar-refractivity contribution in [2.75, 3.05) is 18.1 Å². The molecule has 0 bridgehead atoms. The Morgan fingerprint density at radius 2 is 1.97 bits per heavy atom. The first-order valence-corrected chi connectivity index (χ1v) is 11.4. The molecular formula is C26H23FN4O5. The van der Waals surface area contributed by atoms with Crippen LogP contribution in [0, 0.1) is 5.82 Å². The molecule has 1 fully saturated rings. The average Bonchev–Trinajstić information content (AvgIpc) is 2.87. The molecule has 2 amide bonds. The van der Waals surface area contributed by atoms with Gasteiger partial charge in [-0.05, 0) is 23.3 Å². The fraction of sp³-hybridized carbons (Fsp3) is 0.231. The molecule has 1 saturated heterocycles. The molecule has 2 aromatic carbocycles. The lowest BCUT2D eigenvalue weighted by atomic mass is 10.1. The summed E-state index contributed by atoms with van der Waals surface area (Å²) >= 11 is 0. The zero-order valence-electron chi connectivity index (χ0n) is 19.3. The van der Waals surface area contributed by atoms with Gasteiger partial charge in [-0.15, -0.1) is 0 Å². The Morgan fingerprint density at radius 1 is 1.17 bits per heavy atom. The van der Waals surface area contributed by atoms with Crippen molar-refractivity contribution in [3.05, 3.63) is 93.9 Å². The van der Waals surface area contributed by atoms with Crippen LogP contribution in [0.3, 0.4) is 0 Å². The van der Waals surface area contributed by atoms with Crippen LogP contribution < -0.4 is 20.5 Å². The third kappa shape index (κ3) is 4.45. The molecule has 0 spiro atoms. The number of amides is 2. The van der Waals surface area contributed by atoms with Crippen molar-refractivity contribution in [1.29, 1.82) is 0 Å².